The molecule has 2 heterocycles. The number of rotatable bonds is 11. The van der Waals surface area contributed by atoms with Crippen LogP contribution in [-0.2, 0) is 20.9 Å². The van der Waals surface area contributed by atoms with Crippen molar-refractivity contribution < 1.29 is 19.1 Å². The van der Waals surface area contributed by atoms with Crippen LogP contribution in [0.25, 0.3) is 27.7 Å². The number of hydrogen-bond acceptors (Lipinski definition) is 7. The Morgan fingerprint density at radius 2 is 1.74 bits per heavy atom. The topological polar surface area (TPSA) is 147 Å². The fraction of sp³-hybridized carbons (Fsp3) is 0.273. The number of amides is 3. The molecule has 46 heavy (non-hydrogen) atoms. The summed E-state index contributed by atoms with van der Waals surface area (Å²) in [5.74, 6) is -0.583. The molecule has 0 fully saturated rings. The molecule has 0 bridgehead atoms. The second-order valence-electron chi connectivity index (χ2n) is 11.7. The largest absolute Gasteiger partial charge is 0.444 e. The second-order valence-corrected chi connectivity index (χ2v) is 12.1. The van der Waals surface area contributed by atoms with Crippen LogP contribution < -0.4 is 10.6 Å². The summed E-state index contributed by atoms with van der Waals surface area (Å²) in [4.78, 5) is 40.1. The molecular formula is C33H35ClN8O4. The molecule has 5 aromatic rings. The minimum atomic E-state index is -0.711. The zero-order chi connectivity index (χ0) is 32.7. The lowest BCUT2D eigenvalue weighted by Gasteiger charge is -2.27. The first-order valence-electron chi connectivity index (χ1n) is 14.8. The minimum Gasteiger partial charge on any atom is -0.444 e. The molecule has 2 aromatic heterocycles. The molecule has 0 atom stereocenters. The van der Waals surface area contributed by atoms with Gasteiger partial charge in [0.1, 0.15) is 18.3 Å². The molecule has 5 rings (SSSR count). The van der Waals surface area contributed by atoms with E-state index in [9.17, 15) is 14.4 Å². The smallest absolute Gasteiger partial charge is 0.410 e. The third-order valence-corrected chi connectivity index (χ3v) is 7.27. The van der Waals surface area contributed by atoms with Gasteiger partial charge >= 0.3 is 6.09 Å². The second kappa shape index (κ2) is 14.2. The Labute approximate surface area is 271 Å². The molecule has 3 aromatic carbocycles. The number of anilines is 1. The lowest BCUT2D eigenvalue weighted by Crippen LogP contribution is -2.39. The molecule has 0 aliphatic rings. The third kappa shape index (κ3) is 8.48. The molecule has 0 radical (unpaired) electrons. The quantitative estimate of drug-likeness (QED) is 0.167. The maximum Gasteiger partial charge on any atom is 0.410 e. The van der Waals surface area contributed by atoms with Crippen molar-refractivity contribution in [1.82, 2.24) is 35.2 Å². The van der Waals surface area contributed by atoms with Gasteiger partial charge < -0.3 is 20.3 Å². The number of carbonyl (C=O) groups is 3. The number of nitrogens with zero attached hydrogens (tertiary/aromatic N) is 5. The molecule has 0 unspecified atom stereocenters. The summed E-state index contributed by atoms with van der Waals surface area (Å²) in [5.41, 5.74) is 4.01. The van der Waals surface area contributed by atoms with Crippen LogP contribution in [0.1, 0.15) is 39.2 Å². The van der Waals surface area contributed by atoms with Crippen molar-refractivity contribution in [2.24, 2.45) is 0 Å². The Bertz CT molecular complexity index is 1820. The minimum absolute atomic E-state index is 0.0212. The Hall–Kier alpha value is -5.23. The van der Waals surface area contributed by atoms with Crippen molar-refractivity contribution >= 4 is 46.1 Å². The van der Waals surface area contributed by atoms with Gasteiger partial charge in [0.25, 0.3) is 0 Å². The summed E-state index contributed by atoms with van der Waals surface area (Å²) in [6, 6.07) is 19.1. The van der Waals surface area contributed by atoms with Gasteiger partial charge in [-0.05, 0) is 50.1 Å². The molecular weight excluding hydrogens is 608 g/mol. The van der Waals surface area contributed by atoms with Gasteiger partial charge in [0.05, 0.1) is 23.1 Å². The highest BCUT2D eigenvalue weighted by molar-refractivity contribution is 6.33. The Balaban J connectivity index is 1.16. The highest BCUT2D eigenvalue weighted by Crippen LogP contribution is 2.29. The number of carbonyl (C=O) groups excluding carboxylic acids is 3. The number of aromatic amines is 1. The van der Waals surface area contributed by atoms with E-state index in [1.807, 2.05) is 54.6 Å². The molecule has 0 saturated heterocycles. The van der Waals surface area contributed by atoms with Crippen molar-refractivity contribution in [3.63, 3.8) is 0 Å². The fourth-order valence-corrected chi connectivity index (χ4v) is 5.08. The van der Waals surface area contributed by atoms with Gasteiger partial charge in [-0.2, -0.15) is 5.10 Å². The third-order valence-electron chi connectivity index (χ3n) is 6.96. The normalized spacial score (nSPS) is 11.3. The van der Waals surface area contributed by atoms with Gasteiger partial charge in [-0.3, -0.25) is 19.3 Å². The average Bonchev–Trinajstić information content (AvgIpc) is 3.72. The van der Waals surface area contributed by atoms with Crippen LogP contribution in [0.5, 0.6) is 0 Å². The van der Waals surface area contributed by atoms with Crippen LogP contribution in [0.4, 0.5) is 10.5 Å². The number of ether oxygens (including phenoxy) is 1. The van der Waals surface area contributed by atoms with E-state index in [0.717, 1.165) is 33.3 Å². The van der Waals surface area contributed by atoms with Crippen molar-refractivity contribution in [1.29, 1.82) is 0 Å². The molecule has 0 aliphatic carbocycles. The van der Waals surface area contributed by atoms with Crippen LogP contribution in [0.15, 0.2) is 79.5 Å². The van der Waals surface area contributed by atoms with Gasteiger partial charge in [0, 0.05) is 48.4 Å². The number of fused-ring (bicyclic) bond motifs is 1. The Kier molecular flexibility index (Phi) is 9.97. The van der Waals surface area contributed by atoms with Crippen molar-refractivity contribution in [3.05, 3.63) is 90.1 Å². The molecule has 3 N–H and O–H groups in total. The number of hydrogen-bond donors (Lipinski definition) is 3. The number of H-pyrrole nitrogens is 1. The van der Waals surface area contributed by atoms with E-state index < -0.39 is 11.7 Å². The van der Waals surface area contributed by atoms with Crippen molar-refractivity contribution in [2.75, 3.05) is 18.4 Å². The first-order valence-corrected chi connectivity index (χ1v) is 15.1. The lowest BCUT2D eigenvalue weighted by atomic mass is 10.0. The molecule has 13 heteroatoms. The van der Waals surface area contributed by atoms with Crippen LogP contribution in [-0.4, -0.2) is 66.5 Å². The number of nitrogens with one attached hydrogen (secondary N) is 3. The van der Waals surface area contributed by atoms with Crippen LogP contribution in [0, 0.1) is 0 Å². The van der Waals surface area contributed by atoms with E-state index in [-0.39, 0.29) is 44.3 Å². The van der Waals surface area contributed by atoms with Crippen LogP contribution in [0.2, 0.25) is 5.02 Å². The SMILES string of the molecule is CC(C)(C)OC(=O)N(CCC(=O)NCCC(=O)Nc1cc(-n2cnnc2)cc2[nH]ncc12)Cc1ccc(-c2ccccc2)c(Cl)c1. The molecule has 0 saturated carbocycles. The van der Waals surface area contributed by atoms with Crippen LogP contribution in [0.3, 0.4) is 0 Å². The van der Waals surface area contributed by atoms with E-state index >= 15 is 0 Å². The predicted octanol–water partition coefficient (Wildman–Crippen LogP) is 5.74. The number of benzene rings is 3. The van der Waals surface area contributed by atoms with Crippen molar-refractivity contribution in [2.45, 2.75) is 45.8 Å². The summed E-state index contributed by atoms with van der Waals surface area (Å²) in [5, 5.41) is 21.6. The summed E-state index contributed by atoms with van der Waals surface area (Å²) in [7, 11) is 0. The lowest BCUT2D eigenvalue weighted by molar-refractivity contribution is -0.121. The molecule has 238 valence electrons. The van der Waals surface area contributed by atoms with Gasteiger partial charge in [-0.15, -0.1) is 10.2 Å². The highest BCUT2D eigenvalue weighted by Gasteiger charge is 2.23. The molecule has 0 spiro atoms. The maximum absolute atomic E-state index is 13.1. The predicted molar refractivity (Wildman–Crippen MR) is 175 cm³/mol. The zero-order valence-electron chi connectivity index (χ0n) is 25.8. The summed E-state index contributed by atoms with van der Waals surface area (Å²) < 4.78 is 7.32. The van der Waals surface area contributed by atoms with E-state index in [1.165, 1.54) is 4.90 Å². The van der Waals surface area contributed by atoms with Crippen LogP contribution >= 0.6 is 11.6 Å². The maximum atomic E-state index is 13.1. The highest BCUT2D eigenvalue weighted by atomic mass is 35.5. The Morgan fingerprint density at radius 1 is 0.978 bits per heavy atom. The molecule has 12 nitrogen and oxygen atoms in total. The van der Waals surface area contributed by atoms with E-state index in [2.05, 4.69) is 31.0 Å². The van der Waals surface area contributed by atoms with E-state index in [0.29, 0.717) is 10.7 Å². The first-order chi connectivity index (χ1) is 22.1. The van der Waals surface area contributed by atoms with Crippen molar-refractivity contribution in [3.8, 4) is 16.8 Å². The van der Waals surface area contributed by atoms with Gasteiger partial charge in [0.2, 0.25) is 11.8 Å². The molecule has 0 aliphatic heterocycles. The fourth-order valence-electron chi connectivity index (χ4n) is 4.77. The van der Waals surface area contributed by atoms with E-state index in [4.69, 9.17) is 16.3 Å². The first kappa shape index (κ1) is 32.2. The van der Waals surface area contributed by atoms with Gasteiger partial charge in [0.15, 0.2) is 0 Å². The zero-order valence-corrected chi connectivity index (χ0v) is 26.5. The number of halogens is 1. The summed E-state index contributed by atoms with van der Waals surface area (Å²) in [6.07, 6.45) is 4.27. The number of aromatic nitrogens is 5. The van der Waals surface area contributed by atoms with Gasteiger partial charge in [-0.1, -0.05) is 54.1 Å². The molecule has 3 amide bonds. The summed E-state index contributed by atoms with van der Waals surface area (Å²) >= 11 is 6.61. The monoisotopic (exact) mass is 642 g/mol. The summed E-state index contributed by atoms with van der Waals surface area (Å²) in [6.45, 7) is 5.79. The van der Waals surface area contributed by atoms with E-state index in [1.54, 1.807) is 50.3 Å². The van der Waals surface area contributed by atoms with Gasteiger partial charge in [-0.25, -0.2) is 4.79 Å². The Morgan fingerprint density at radius 3 is 2.46 bits per heavy atom. The standard InChI is InChI=1S/C33H35ClN8O4/c1-33(2,3)46-32(45)41(19-22-9-10-25(27(34)15-22)23-7-5-4-6-8-23)14-12-30(43)35-13-11-31(44)39-28-16-24(42-20-37-38-21-42)17-29-26(28)18-36-40-29/h4-10,15-18,20-21H,11-14,19H2,1-3H3,(H,35,43)(H,36,40)(H,39,44). The average molecular weight is 643 g/mol.